The average Bonchev–Trinajstić information content (AvgIpc) is 2.88. The van der Waals surface area contributed by atoms with Gasteiger partial charge in [-0.05, 0) is 48.6 Å². The van der Waals surface area contributed by atoms with Gasteiger partial charge in [0.15, 0.2) is 5.82 Å². The number of hydrogen-bond acceptors (Lipinski definition) is 2. The summed E-state index contributed by atoms with van der Waals surface area (Å²) in [4.78, 5) is 9.32. The highest BCUT2D eigenvalue weighted by atomic mass is 14.9. The van der Waals surface area contributed by atoms with Crippen LogP contribution in [-0.4, -0.2) is 9.97 Å². The first-order valence-corrected chi connectivity index (χ1v) is 14.7. The summed E-state index contributed by atoms with van der Waals surface area (Å²) in [6, 6.07) is 9.01. The van der Waals surface area contributed by atoms with Crippen LogP contribution in [0.5, 0.6) is 0 Å². The molecule has 2 nitrogen and oxygen atoms in total. The second-order valence-electron chi connectivity index (χ2n) is 10.9. The largest absolute Gasteiger partial charge is 0.236 e. The van der Waals surface area contributed by atoms with Crippen LogP contribution in [0, 0.1) is 11.8 Å². The van der Waals surface area contributed by atoms with Crippen molar-refractivity contribution in [1.82, 2.24) is 9.97 Å². The fraction of sp³-hybridized carbons (Fsp3) is 0.688. The number of unbranched alkanes of at least 4 members (excludes halogenated alkanes) is 8. The lowest BCUT2D eigenvalue weighted by atomic mass is 9.78. The van der Waals surface area contributed by atoms with Crippen LogP contribution in [0.15, 0.2) is 36.7 Å². The highest BCUT2D eigenvalue weighted by Gasteiger charge is 2.20. The van der Waals surface area contributed by atoms with E-state index in [4.69, 9.17) is 0 Å². The molecule has 1 aliphatic carbocycles. The van der Waals surface area contributed by atoms with Crippen molar-refractivity contribution in [2.75, 3.05) is 0 Å². The summed E-state index contributed by atoms with van der Waals surface area (Å²) >= 11 is 0. The van der Waals surface area contributed by atoms with E-state index in [0.717, 1.165) is 29.6 Å². The number of aromatic nitrogens is 2. The Morgan fingerprint density at radius 1 is 0.588 bits per heavy atom. The standard InChI is InChI=1S/C32H50N2/c1-3-5-7-8-9-10-12-14-30-25-33-32(34-26-30)31-23-21-29(22-24-31)20-19-28-17-15-27(16-18-28)13-11-6-4-2/h21-28H,3-20H2,1-2H3/t27-,28-. The van der Waals surface area contributed by atoms with Crippen molar-refractivity contribution in [3.05, 3.63) is 47.8 Å². The monoisotopic (exact) mass is 462 g/mol. The van der Waals surface area contributed by atoms with Crippen molar-refractivity contribution >= 4 is 0 Å². The van der Waals surface area contributed by atoms with E-state index >= 15 is 0 Å². The SMILES string of the molecule is CCCCCCCCCc1cnc(-c2ccc(CC[C@H]3CC[C@H](CCCCC)CC3)cc2)nc1. The van der Waals surface area contributed by atoms with Gasteiger partial charge in [-0.25, -0.2) is 9.97 Å². The highest BCUT2D eigenvalue weighted by Crippen LogP contribution is 2.34. The Kier molecular flexibility index (Phi) is 12.7. The zero-order chi connectivity index (χ0) is 23.8. The third-order valence-corrected chi connectivity index (χ3v) is 8.01. The maximum absolute atomic E-state index is 4.66. The molecule has 188 valence electrons. The molecule has 1 heterocycles. The highest BCUT2D eigenvalue weighted by molar-refractivity contribution is 5.55. The molecule has 2 aromatic rings. The van der Waals surface area contributed by atoms with E-state index in [2.05, 4.69) is 48.1 Å². The van der Waals surface area contributed by atoms with E-state index in [1.807, 2.05) is 12.4 Å². The molecule has 0 atom stereocenters. The van der Waals surface area contributed by atoms with Crippen LogP contribution in [-0.2, 0) is 12.8 Å². The molecule has 0 bridgehead atoms. The van der Waals surface area contributed by atoms with E-state index < -0.39 is 0 Å². The Labute approximate surface area is 210 Å². The number of hydrogen-bond donors (Lipinski definition) is 0. The van der Waals surface area contributed by atoms with E-state index in [-0.39, 0.29) is 0 Å². The van der Waals surface area contributed by atoms with Crippen LogP contribution in [0.2, 0.25) is 0 Å². The molecule has 0 radical (unpaired) electrons. The van der Waals surface area contributed by atoms with Gasteiger partial charge in [0.25, 0.3) is 0 Å². The van der Waals surface area contributed by atoms with Crippen molar-refractivity contribution in [3.63, 3.8) is 0 Å². The maximum atomic E-state index is 4.66. The minimum absolute atomic E-state index is 0.858. The van der Waals surface area contributed by atoms with Gasteiger partial charge in [-0.3, -0.25) is 0 Å². The molecule has 0 amide bonds. The predicted octanol–water partition coefficient (Wildman–Crippen LogP) is 9.76. The molecule has 1 aromatic carbocycles. The zero-order valence-corrected chi connectivity index (χ0v) is 22.2. The summed E-state index contributed by atoms with van der Waals surface area (Å²) < 4.78 is 0. The van der Waals surface area contributed by atoms with Crippen LogP contribution in [0.3, 0.4) is 0 Å². The van der Waals surface area contributed by atoms with Gasteiger partial charge >= 0.3 is 0 Å². The van der Waals surface area contributed by atoms with Crippen molar-refractivity contribution in [3.8, 4) is 11.4 Å². The molecule has 1 saturated carbocycles. The first kappa shape index (κ1) is 26.9. The number of aryl methyl sites for hydroxylation is 2. The summed E-state index contributed by atoms with van der Waals surface area (Å²) in [6.45, 7) is 4.59. The summed E-state index contributed by atoms with van der Waals surface area (Å²) in [5.41, 5.74) is 3.87. The summed E-state index contributed by atoms with van der Waals surface area (Å²) in [5, 5.41) is 0. The van der Waals surface area contributed by atoms with Gasteiger partial charge in [-0.15, -0.1) is 0 Å². The second kappa shape index (κ2) is 16.1. The fourth-order valence-electron chi connectivity index (χ4n) is 5.60. The van der Waals surface area contributed by atoms with Gasteiger partial charge in [-0.2, -0.15) is 0 Å². The lowest BCUT2D eigenvalue weighted by Gasteiger charge is -2.28. The average molecular weight is 463 g/mol. The van der Waals surface area contributed by atoms with Crippen LogP contribution < -0.4 is 0 Å². The number of benzene rings is 1. The van der Waals surface area contributed by atoms with Gasteiger partial charge in [0, 0.05) is 18.0 Å². The molecule has 0 spiro atoms. The fourth-order valence-corrected chi connectivity index (χ4v) is 5.60. The zero-order valence-electron chi connectivity index (χ0n) is 22.2. The summed E-state index contributed by atoms with van der Waals surface area (Å²) in [5.74, 6) is 2.81. The molecule has 0 N–H and O–H groups in total. The van der Waals surface area contributed by atoms with Crippen molar-refractivity contribution in [1.29, 1.82) is 0 Å². The van der Waals surface area contributed by atoms with Gasteiger partial charge in [-0.1, -0.05) is 128 Å². The van der Waals surface area contributed by atoms with Crippen molar-refractivity contribution in [2.24, 2.45) is 11.8 Å². The number of rotatable bonds is 16. The molecule has 1 aliphatic rings. The van der Waals surface area contributed by atoms with Gasteiger partial charge in [0.2, 0.25) is 0 Å². The lowest BCUT2D eigenvalue weighted by Crippen LogP contribution is -2.15. The van der Waals surface area contributed by atoms with Gasteiger partial charge in [0.1, 0.15) is 0 Å². The Hall–Kier alpha value is -1.70. The molecule has 34 heavy (non-hydrogen) atoms. The summed E-state index contributed by atoms with van der Waals surface area (Å²) in [6.07, 6.45) is 28.7. The molecule has 1 fully saturated rings. The lowest BCUT2D eigenvalue weighted by molar-refractivity contribution is 0.249. The minimum atomic E-state index is 0.858. The quantitative estimate of drug-likeness (QED) is 0.232. The molecule has 0 unspecified atom stereocenters. The Morgan fingerprint density at radius 2 is 1.15 bits per heavy atom. The summed E-state index contributed by atoms with van der Waals surface area (Å²) in [7, 11) is 0. The van der Waals surface area contributed by atoms with Gasteiger partial charge < -0.3 is 0 Å². The van der Waals surface area contributed by atoms with Crippen LogP contribution in [0.25, 0.3) is 11.4 Å². The molecular weight excluding hydrogens is 412 g/mol. The Bertz CT molecular complexity index is 757. The van der Waals surface area contributed by atoms with E-state index in [1.165, 1.54) is 120 Å². The second-order valence-corrected chi connectivity index (χ2v) is 10.9. The molecule has 0 aliphatic heterocycles. The topological polar surface area (TPSA) is 25.8 Å². The Morgan fingerprint density at radius 3 is 1.79 bits per heavy atom. The van der Waals surface area contributed by atoms with E-state index in [0.29, 0.717) is 0 Å². The van der Waals surface area contributed by atoms with Crippen LogP contribution in [0.1, 0.15) is 128 Å². The number of nitrogens with zero attached hydrogens (tertiary/aromatic N) is 2. The smallest absolute Gasteiger partial charge is 0.159 e. The first-order chi connectivity index (χ1) is 16.8. The van der Waals surface area contributed by atoms with Crippen LogP contribution in [0.4, 0.5) is 0 Å². The van der Waals surface area contributed by atoms with Crippen molar-refractivity contribution < 1.29 is 0 Å². The third-order valence-electron chi connectivity index (χ3n) is 8.01. The van der Waals surface area contributed by atoms with E-state index in [1.54, 1.807) is 0 Å². The molecular formula is C32H50N2. The first-order valence-electron chi connectivity index (χ1n) is 14.7. The van der Waals surface area contributed by atoms with Crippen LogP contribution >= 0.6 is 0 Å². The Balaban J connectivity index is 1.34. The van der Waals surface area contributed by atoms with E-state index in [9.17, 15) is 0 Å². The molecule has 3 rings (SSSR count). The molecule has 2 heteroatoms. The predicted molar refractivity (Wildman–Crippen MR) is 147 cm³/mol. The molecule has 1 aromatic heterocycles. The molecule has 0 saturated heterocycles. The van der Waals surface area contributed by atoms with Crippen molar-refractivity contribution in [2.45, 2.75) is 129 Å². The minimum Gasteiger partial charge on any atom is -0.236 e. The maximum Gasteiger partial charge on any atom is 0.159 e. The van der Waals surface area contributed by atoms with Gasteiger partial charge in [0.05, 0.1) is 0 Å². The normalized spacial score (nSPS) is 18.3. The third kappa shape index (κ3) is 9.88.